The Bertz CT molecular complexity index is 309. The third kappa shape index (κ3) is 1.25. The largest absolute Gasteiger partial charge is 0.616 e. The molecule has 0 aliphatic carbocycles. The molecule has 1 atom stereocenters. The van der Waals surface area contributed by atoms with Gasteiger partial charge in [0, 0.05) is 0 Å². The van der Waals surface area contributed by atoms with Crippen LogP contribution in [0.1, 0.15) is 0 Å². The van der Waals surface area contributed by atoms with Crippen LogP contribution in [-0.2, 0) is 19.1 Å². The van der Waals surface area contributed by atoms with Crippen molar-refractivity contribution in [2.24, 2.45) is 0 Å². The van der Waals surface area contributed by atoms with Crippen LogP contribution in [0.2, 0.25) is 0 Å². The third-order valence-electron chi connectivity index (χ3n) is 0.971. The summed E-state index contributed by atoms with van der Waals surface area (Å²) in [7, 11) is -2.15. The fourth-order valence-electron chi connectivity index (χ4n) is 0.484. The van der Waals surface area contributed by atoms with Gasteiger partial charge in [-0.2, -0.15) is 0 Å². The Hall–Kier alpha value is -1.28. The minimum absolute atomic E-state index is 0.102. The van der Waals surface area contributed by atoms with E-state index in [0.717, 1.165) is 0 Å². The van der Waals surface area contributed by atoms with Crippen molar-refractivity contribution >= 4 is 31.2 Å². The first-order valence-electron chi connectivity index (χ1n) is 2.46. The van der Waals surface area contributed by atoms with Crippen molar-refractivity contribution in [3.63, 3.8) is 0 Å². The topological polar surface area (TPSA) is 83.5 Å². The van der Waals surface area contributed by atoms with Gasteiger partial charge in [0.2, 0.25) is 5.57 Å². The standard InChI is InChI=1S/C5HO5P/c6-2-10-4(7)3-1-11(9)5(3)8/h2H. The predicted octanol–water partition coefficient (Wildman–Crippen LogP) is -1.69. The van der Waals surface area contributed by atoms with Crippen molar-refractivity contribution in [2.75, 3.05) is 0 Å². The molecule has 0 radical (unpaired) electrons. The zero-order valence-corrected chi connectivity index (χ0v) is 5.96. The van der Waals surface area contributed by atoms with Crippen LogP contribution in [0.25, 0.3) is 0 Å². The zero-order valence-electron chi connectivity index (χ0n) is 5.07. The van der Waals surface area contributed by atoms with Gasteiger partial charge in [0.1, 0.15) is 5.45 Å². The average molecular weight is 172 g/mol. The van der Waals surface area contributed by atoms with E-state index in [-0.39, 0.29) is 6.47 Å². The minimum atomic E-state index is -2.15. The minimum Gasteiger partial charge on any atom is -0.616 e. The van der Waals surface area contributed by atoms with Gasteiger partial charge in [-0.3, -0.25) is 4.79 Å². The van der Waals surface area contributed by atoms with Gasteiger partial charge in [0.15, 0.2) is 7.77 Å². The zero-order chi connectivity index (χ0) is 8.43. The van der Waals surface area contributed by atoms with E-state index < -0.39 is 24.8 Å². The normalized spacial score (nSPS) is 17.7. The summed E-state index contributed by atoms with van der Waals surface area (Å²) in [4.78, 5) is 40.9. The molecule has 0 amide bonds. The molecule has 0 fully saturated rings. The number of hydrogen-bond acceptors (Lipinski definition) is 5. The lowest BCUT2D eigenvalue weighted by atomic mass is 10.3. The highest BCUT2D eigenvalue weighted by Gasteiger charge is 2.36. The second-order valence-electron chi connectivity index (χ2n) is 1.59. The molecule has 1 unspecified atom stereocenters. The predicted molar refractivity (Wildman–Crippen MR) is 32.6 cm³/mol. The maximum Gasteiger partial charge on any atom is 0.377 e. The maximum atomic E-state index is 10.5. The molecule has 0 saturated heterocycles. The average Bonchev–Trinajstić information content (AvgIpc) is 1.99. The van der Waals surface area contributed by atoms with E-state index >= 15 is 0 Å². The first-order chi connectivity index (χ1) is 5.16. The molecule has 56 valence electrons. The van der Waals surface area contributed by atoms with Gasteiger partial charge >= 0.3 is 18.0 Å². The number of carbonyl (C=O) groups is 3. The van der Waals surface area contributed by atoms with E-state index in [1.54, 1.807) is 0 Å². The third-order valence-corrected chi connectivity index (χ3v) is 1.99. The number of esters is 1. The molecule has 5 nitrogen and oxygen atoms in total. The molecule has 0 bridgehead atoms. The lowest BCUT2D eigenvalue weighted by Gasteiger charge is -2.00. The van der Waals surface area contributed by atoms with Gasteiger partial charge in [-0.15, -0.1) is 0 Å². The van der Waals surface area contributed by atoms with Crippen LogP contribution >= 0.6 is 7.77 Å². The fourth-order valence-corrected chi connectivity index (χ4v) is 1.16. The van der Waals surface area contributed by atoms with Crippen molar-refractivity contribution in [3.05, 3.63) is 5.57 Å². The number of rotatable bonds is 2. The van der Waals surface area contributed by atoms with Crippen LogP contribution in [0, 0.1) is 0 Å². The maximum absolute atomic E-state index is 10.5. The summed E-state index contributed by atoms with van der Waals surface area (Å²) in [6.45, 7) is -0.102. The first-order valence-corrected chi connectivity index (χ1v) is 3.72. The van der Waals surface area contributed by atoms with Gasteiger partial charge in [-0.25, -0.2) is 9.59 Å². The highest BCUT2D eigenvalue weighted by atomic mass is 31.1. The Morgan fingerprint density at radius 2 is 2.36 bits per heavy atom. The molecule has 0 spiro atoms. The monoisotopic (exact) mass is 172 g/mol. The SMILES string of the molecule is O=COC(=O)C1=C=[P+]([O-])C1=O. The summed E-state index contributed by atoms with van der Waals surface area (Å²) in [5.41, 5.74) is 0.775. The van der Waals surface area contributed by atoms with E-state index in [1.165, 1.54) is 0 Å². The molecule has 0 aromatic rings. The Morgan fingerprint density at radius 3 is 2.73 bits per heavy atom. The number of hydrogen-bond donors (Lipinski definition) is 0. The van der Waals surface area contributed by atoms with E-state index in [2.05, 4.69) is 4.74 Å². The summed E-state index contributed by atoms with van der Waals surface area (Å²) < 4.78 is 3.80. The molecule has 0 aromatic carbocycles. The highest BCUT2D eigenvalue weighted by molar-refractivity contribution is 7.71. The van der Waals surface area contributed by atoms with Crippen molar-refractivity contribution in [3.8, 4) is 0 Å². The first kappa shape index (κ1) is 7.82. The summed E-state index contributed by atoms with van der Waals surface area (Å²) >= 11 is 0. The van der Waals surface area contributed by atoms with Gasteiger partial charge in [0.25, 0.3) is 0 Å². The highest BCUT2D eigenvalue weighted by Crippen LogP contribution is 2.24. The summed E-state index contributed by atoms with van der Waals surface area (Å²) in [5.74, 6) is -1.10. The number of carbonyl (C=O) groups excluding carboxylic acids is 3. The Morgan fingerprint density at radius 1 is 1.73 bits per heavy atom. The molecule has 1 aliphatic rings. The second-order valence-corrected chi connectivity index (χ2v) is 2.81. The van der Waals surface area contributed by atoms with Gasteiger partial charge in [0.05, 0.1) is 0 Å². The Labute approximate surface area is 61.7 Å². The van der Waals surface area contributed by atoms with Crippen LogP contribution in [-0.4, -0.2) is 23.4 Å². The Balaban J connectivity index is 2.80. The number of ether oxygens (including phenoxy) is 1. The molecule has 1 rings (SSSR count). The van der Waals surface area contributed by atoms with Crippen LogP contribution in [0.3, 0.4) is 0 Å². The van der Waals surface area contributed by atoms with Crippen LogP contribution in [0.15, 0.2) is 5.57 Å². The van der Waals surface area contributed by atoms with Crippen LogP contribution < -0.4 is 4.89 Å². The van der Waals surface area contributed by atoms with E-state index in [4.69, 9.17) is 0 Å². The molecule has 1 aliphatic heterocycles. The van der Waals surface area contributed by atoms with Crippen LogP contribution in [0.5, 0.6) is 0 Å². The Kier molecular flexibility index (Phi) is 1.96. The van der Waals surface area contributed by atoms with Gasteiger partial charge < -0.3 is 9.63 Å². The smallest absolute Gasteiger partial charge is 0.377 e. The van der Waals surface area contributed by atoms with Crippen molar-refractivity contribution in [1.29, 1.82) is 0 Å². The molecule has 0 saturated carbocycles. The molecule has 11 heavy (non-hydrogen) atoms. The molecule has 0 N–H and O–H groups in total. The van der Waals surface area contributed by atoms with Crippen LogP contribution in [0.4, 0.5) is 0 Å². The van der Waals surface area contributed by atoms with E-state index in [9.17, 15) is 19.3 Å². The summed E-state index contributed by atoms with van der Waals surface area (Å²) in [5, 5.41) is 0. The van der Waals surface area contributed by atoms with Crippen molar-refractivity contribution < 1.29 is 24.0 Å². The lowest BCUT2D eigenvalue weighted by Crippen LogP contribution is -2.21. The summed E-state index contributed by atoms with van der Waals surface area (Å²) in [6.07, 6.45) is 0. The van der Waals surface area contributed by atoms with Gasteiger partial charge in [-0.05, 0) is 0 Å². The van der Waals surface area contributed by atoms with E-state index in [1.807, 2.05) is 5.45 Å². The van der Waals surface area contributed by atoms with E-state index in [0.29, 0.717) is 0 Å². The molecular formula is C5HO5P. The van der Waals surface area contributed by atoms with Gasteiger partial charge in [-0.1, -0.05) is 0 Å². The molecule has 1 heterocycles. The molecule has 6 heteroatoms. The lowest BCUT2D eigenvalue weighted by molar-refractivity contribution is -0.160. The quantitative estimate of drug-likeness (QED) is 0.163. The summed E-state index contributed by atoms with van der Waals surface area (Å²) in [6, 6.07) is 0. The fraction of sp³-hybridized carbons (Fsp3) is 0. The van der Waals surface area contributed by atoms with Crippen molar-refractivity contribution in [1.82, 2.24) is 0 Å². The second kappa shape index (κ2) is 2.76. The van der Waals surface area contributed by atoms with Crippen molar-refractivity contribution in [2.45, 2.75) is 0 Å². The molecular weight excluding hydrogens is 171 g/mol. The molecule has 0 aromatic heterocycles.